The molecule has 1 fully saturated rings. The molecular weight excluding hydrogens is 343 g/mol. The van der Waals surface area contributed by atoms with Crippen molar-refractivity contribution in [3.05, 3.63) is 35.6 Å². The van der Waals surface area contributed by atoms with Gasteiger partial charge in [0, 0.05) is 26.1 Å². The Labute approximate surface area is 156 Å². The predicted molar refractivity (Wildman–Crippen MR) is 100 cm³/mol. The lowest BCUT2D eigenvalue weighted by Gasteiger charge is -2.26. The van der Waals surface area contributed by atoms with E-state index in [2.05, 4.69) is 0 Å². The third-order valence-corrected chi connectivity index (χ3v) is 4.41. The van der Waals surface area contributed by atoms with Gasteiger partial charge in [0.1, 0.15) is 5.82 Å². The molecule has 1 saturated heterocycles. The van der Waals surface area contributed by atoms with Crippen LogP contribution in [0.25, 0.3) is 0 Å². The van der Waals surface area contributed by atoms with E-state index in [4.69, 9.17) is 10.5 Å². The average Bonchev–Trinajstić information content (AvgIpc) is 3.07. The fraction of sp³-hybridized carbons (Fsp3) is 0.632. The molecule has 1 aliphatic heterocycles. The molecule has 1 aliphatic rings. The number of hydrogen-bond donors (Lipinski definition) is 1. The lowest BCUT2D eigenvalue weighted by Crippen LogP contribution is -2.36. The Hall–Kier alpha value is -1.17. The number of benzene rings is 1. The van der Waals surface area contributed by atoms with Gasteiger partial charge in [-0.05, 0) is 49.9 Å². The van der Waals surface area contributed by atoms with E-state index >= 15 is 0 Å². The van der Waals surface area contributed by atoms with Crippen molar-refractivity contribution in [3.8, 4) is 0 Å². The maximum atomic E-state index is 13.4. The number of unbranched alkanes of at least 4 members (excludes halogenated alkanes) is 3. The zero-order chi connectivity index (χ0) is 17.2. The molecule has 0 radical (unpaired) electrons. The second kappa shape index (κ2) is 12.2. The number of carbonyl (C=O) groups is 1. The van der Waals surface area contributed by atoms with Gasteiger partial charge in [0.15, 0.2) is 0 Å². The molecule has 1 aromatic carbocycles. The summed E-state index contributed by atoms with van der Waals surface area (Å²) in [4.78, 5) is 14.4. The first-order valence-corrected chi connectivity index (χ1v) is 9.03. The van der Waals surface area contributed by atoms with Gasteiger partial charge < -0.3 is 15.4 Å². The summed E-state index contributed by atoms with van der Waals surface area (Å²) < 4.78 is 19.1. The number of nitrogens with two attached hydrogens (primary N) is 1. The normalized spacial score (nSPS) is 16.5. The average molecular weight is 373 g/mol. The summed E-state index contributed by atoms with van der Waals surface area (Å²) in [6.45, 7) is 2.52. The summed E-state index contributed by atoms with van der Waals surface area (Å²) in [5, 5.41) is 0. The van der Waals surface area contributed by atoms with Crippen LogP contribution in [-0.4, -0.2) is 36.6 Å². The van der Waals surface area contributed by atoms with Crippen molar-refractivity contribution in [1.29, 1.82) is 0 Å². The van der Waals surface area contributed by atoms with Gasteiger partial charge in [0.25, 0.3) is 0 Å². The van der Waals surface area contributed by atoms with Gasteiger partial charge in [-0.2, -0.15) is 0 Å². The summed E-state index contributed by atoms with van der Waals surface area (Å²) in [6.07, 6.45) is 6.67. The minimum atomic E-state index is -0.265. The van der Waals surface area contributed by atoms with Gasteiger partial charge in [-0.15, -0.1) is 12.4 Å². The molecule has 0 aromatic heterocycles. The van der Waals surface area contributed by atoms with Gasteiger partial charge in [-0.3, -0.25) is 4.79 Å². The van der Waals surface area contributed by atoms with Crippen molar-refractivity contribution >= 4 is 18.3 Å². The number of nitrogens with zero attached hydrogens (tertiary/aromatic N) is 1. The molecule has 1 atom stereocenters. The fourth-order valence-electron chi connectivity index (χ4n) is 3.08. The van der Waals surface area contributed by atoms with Crippen LogP contribution in [0.15, 0.2) is 24.3 Å². The lowest BCUT2D eigenvalue weighted by molar-refractivity contribution is -0.133. The van der Waals surface area contributed by atoms with E-state index < -0.39 is 0 Å². The molecule has 1 aromatic rings. The molecule has 1 unspecified atom stereocenters. The Morgan fingerprint density at radius 3 is 2.76 bits per heavy atom. The summed E-state index contributed by atoms with van der Waals surface area (Å²) in [5.41, 5.74) is 6.31. The number of amides is 1. The number of halogens is 2. The second-order valence-corrected chi connectivity index (χ2v) is 6.49. The van der Waals surface area contributed by atoms with Crippen molar-refractivity contribution in [2.45, 2.75) is 57.6 Å². The lowest BCUT2D eigenvalue weighted by atomic mass is 10.1. The molecular formula is C19H30ClFN2O2. The minimum Gasteiger partial charge on any atom is -0.376 e. The first-order valence-electron chi connectivity index (χ1n) is 9.03. The molecule has 0 bridgehead atoms. The van der Waals surface area contributed by atoms with E-state index in [1.807, 2.05) is 11.0 Å². The van der Waals surface area contributed by atoms with Crippen LogP contribution in [0.2, 0.25) is 0 Å². The molecule has 2 N–H and O–H groups in total. The Morgan fingerprint density at radius 2 is 2.08 bits per heavy atom. The molecule has 4 nitrogen and oxygen atoms in total. The first-order chi connectivity index (χ1) is 11.7. The summed E-state index contributed by atoms with van der Waals surface area (Å²) in [6, 6.07) is 6.47. The monoisotopic (exact) mass is 372 g/mol. The molecule has 25 heavy (non-hydrogen) atoms. The van der Waals surface area contributed by atoms with E-state index in [0.717, 1.165) is 50.7 Å². The molecule has 0 saturated carbocycles. The van der Waals surface area contributed by atoms with E-state index in [1.54, 1.807) is 6.07 Å². The smallest absolute Gasteiger partial charge is 0.222 e. The topological polar surface area (TPSA) is 55.6 Å². The van der Waals surface area contributed by atoms with Crippen LogP contribution in [0.5, 0.6) is 0 Å². The molecule has 0 aliphatic carbocycles. The van der Waals surface area contributed by atoms with Crippen LogP contribution < -0.4 is 5.73 Å². The van der Waals surface area contributed by atoms with Crippen molar-refractivity contribution in [2.24, 2.45) is 5.73 Å². The summed E-state index contributed by atoms with van der Waals surface area (Å²) in [5.74, 6) is -0.138. The van der Waals surface area contributed by atoms with Gasteiger partial charge in [0.2, 0.25) is 5.91 Å². The van der Waals surface area contributed by atoms with E-state index in [0.29, 0.717) is 26.1 Å². The van der Waals surface area contributed by atoms with Crippen LogP contribution in [-0.2, 0) is 16.1 Å². The van der Waals surface area contributed by atoms with E-state index in [9.17, 15) is 9.18 Å². The largest absolute Gasteiger partial charge is 0.376 e. The van der Waals surface area contributed by atoms with Crippen molar-refractivity contribution in [3.63, 3.8) is 0 Å². The van der Waals surface area contributed by atoms with Crippen molar-refractivity contribution < 1.29 is 13.9 Å². The number of hydrogen-bond acceptors (Lipinski definition) is 3. The highest BCUT2D eigenvalue weighted by Crippen LogP contribution is 2.17. The predicted octanol–water partition coefficient (Wildman–Crippen LogP) is 3.66. The summed E-state index contributed by atoms with van der Waals surface area (Å²) in [7, 11) is 0. The Morgan fingerprint density at radius 1 is 1.28 bits per heavy atom. The maximum Gasteiger partial charge on any atom is 0.222 e. The van der Waals surface area contributed by atoms with E-state index in [-0.39, 0.29) is 30.2 Å². The molecule has 6 heteroatoms. The van der Waals surface area contributed by atoms with Crippen molar-refractivity contribution in [1.82, 2.24) is 4.90 Å². The molecule has 2 rings (SSSR count). The van der Waals surface area contributed by atoms with Gasteiger partial charge in [-0.25, -0.2) is 4.39 Å². The highest BCUT2D eigenvalue weighted by molar-refractivity contribution is 5.85. The third-order valence-electron chi connectivity index (χ3n) is 4.41. The number of carbonyl (C=O) groups excluding carboxylic acids is 1. The minimum absolute atomic E-state index is 0. The standard InChI is InChI=1S/C19H29FN2O2.ClH/c20-17-8-5-7-16(13-17)14-22(15-18-9-6-12-24-18)19(23)10-3-1-2-4-11-21;/h5,7-8,13,18H,1-4,6,9-12,14-15,21H2;1H. The summed E-state index contributed by atoms with van der Waals surface area (Å²) >= 11 is 0. The fourth-order valence-corrected chi connectivity index (χ4v) is 3.08. The van der Waals surface area contributed by atoms with Gasteiger partial charge >= 0.3 is 0 Å². The van der Waals surface area contributed by atoms with Crippen LogP contribution in [0.4, 0.5) is 4.39 Å². The zero-order valence-electron chi connectivity index (χ0n) is 14.8. The Balaban J connectivity index is 0.00000312. The SMILES string of the molecule is Cl.NCCCCCCC(=O)N(Cc1cccc(F)c1)CC1CCCO1. The molecule has 1 heterocycles. The Bertz CT molecular complexity index is 510. The van der Waals surface area contributed by atoms with Crippen molar-refractivity contribution in [2.75, 3.05) is 19.7 Å². The van der Waals surface area contributed by atoms with Crippen LogP contribution in [0, 0.1) is 5.82 Å². The van der Waals surface area contributed by atoms with E-state index in [1.165, 1.54) is 12.1 Å². The highest BCUT2D eigenvalue weighted by Gasteiger charge is 2.22. The molecule has 1 amide bonds. The van der Waals surface area contributed by atoms with Gasteiger partial charge in [0.05, 0.1) is 6.10 Å². The quantitative estimate of drug-likeness (QED) is 0.637. The highest BCUT2D eigenvalue weighted by atomic mass is 35.5. The van der Waals surface area contributed by atoms with Gasteiger partial charge in [-0.1, -0.05) is 25.0 Å². The van der Waals surface area contributed by atoms with Crippen LogP contribution in [0.1, 0.15) is 50.5 Å². The Kier molecular flexibility index (Phi) is 10.7. The molecule has 142 valence electrons. The second-order valence-electron chi connectivity index (χ2n) is 6.49. The first kappa shape index (κ1) is 21.9. The maximum absolute atomic E-state index is 13.4. The van der Waals surface area contributed by atoms with Crippen LogP contribution in [0.3, 0.4) is 0 Å². The van der Waals surface area contributed by atoms with Crippen LogP contribution >= 0.6 is 12.4 Å². The number of ether oxygens (including phenoxy) is 1. The third kappa shape index (κ3) is 8.17. The number of rotatable bonds is 10. The zero-order valence-corrected chi connectivity index (χ0v) is 15.6. The molecule has 0 spiro atoms.